The SMILES string of the molecule is COc1ccc(-c2nn(-c3ccccc3)cc2C(=O)N(C)Cc2ccc3c(c2)OCO3)cc1. The van der Waals surface area contributed by atoms with Gasteiger partial charge in [0.25, 0.3) is 5.91 Å². The fourth-order valence-corrected chi connectivity index (χ4v) is 3.80. The zero-order valence-electron chi connectivity index (χ0n) is 18.4. The molecule has 1 aliphatic heterocycles. The van der Waals surface area contributed by atoms with Crippen LogP contribution in [0.2, 0.25) is 0 Å². The van der Waals surface area contributed by atoms with E-state index in [4.69, 9.17) is 19.3 Å². The number of para-hydroxylation sites is 1. The topological polar surface area (TPSA) is 65.8 Å². The number of carbonyl (C=O) groups is 1. The molecule has 0 fully saturated rings. The molecule has 5 rings (SSSR count). The van der Waals surface area contributed by atoms with Crippen LogP contribution >= 0.6 is 0 Å². The molecule has 33 heavy (non-hydrogen) atoms. The monoisotopic (exact) mass is 441 g/mol. The van der Waals surface area contributed by atoms with E-state index in [1.54, 1.807) is 29.9 Å². The molecule has 3 aromatic carbocycles. The molecule has 1 aromatic heterocycles. The van der Waals surface area contributed by atoms with Gasteiger partial charge in [-0.25, -0.2) is 4.68 Å². The summed E-state index contributed by atoms with van der Waals surface area (Å²) in [7, 11) is 3.41. The van der Waals surface area contributed by atoms with E-state index in [1.165, 1.54) is 0 Å². The Kier molecular flexibility index (Phi) is 5.44. The quantitative estimate of drug-likeness (QED) is 0.439. The minimum Gasteiger partial charge on any atom is -0.497 e. The van der Waals surface area contributed by atoms with Crippen LogP contribution in [-0.4, -0.2) is 41.5 Å². The maximum Gasteiger partial charge on any atom is 0.257 e. The molecule has 0 radical (unpaired) electrons. The zero-order valence-corrected chi connectivity index (χ0v) is 18.4. The molecule has 0 saturated carbocycles. The number of benzene rings is 3. The Balaban J connectivity index is 1.48. The second kappa shape index (κ2) is 8.70. The molecule has 0 saturated heterocycles. The molecule has 7 heteroatoms. The van der Waals surface area contributed by atoms with Gasteiger partial charge in [-0.05, 0) is 54.1 Å². The van der Waals surface area contributed by atoms with Gasteiger partial charge < -0.3 is 19.1 Å². The summed E-state index contributed by atoms with van der Waals surface area (Å²) in [6, 6.07) is 23.0. The normalized spacial score (nSPS) is 11.9. The van der Waals surface area contributed by atoms with Gasteiger partial charge in [-0.15, -0.1) is 0 Å². The fraction of sp³-hybridized carbons (Fsp3) is 0.154. The average molecular weight is 441 g/mol. The lowest BCUT2D eigenvalue weighted by Crippen LogP contribution is -2.26. The van der Waals surface area contributed by atoms with Gasteiger partial charge in [0.1, 0.15) is 11.4 Å². The highest BCUT2D eigenvalue weighted by molar-refractivity contribution is 5.99. The third-order valence-electron chi connectivity index (χ3n) is 5.53. The Morgan fingerprint density at radius 1 is 1.03 bits per heavy atom. The van der Waals surface area contributed by atoms with Gasteiger partial charge in [-0.2, -0.15) is 5.10 Å². The summed E-state index contributed by atoms with van der Waals surface area (Å²) in [5, 5.41) is 4.76. The molecule has 2 heterocycles. The summed E-state index contributed by atoms with van der Waals surface area (Å²) in [6.07, 6.45) is 1.79. The predicted molar refractivity (Wildman–Crippen MR) is 124 cm³/mol. The molecule has 0 unspecified atom stereocenters. The van der Waals surface area contributed by atoms with E-state index in [9.17, 15) is 4.79 Å². The van der Waals surface area contributed by atoms with Crippen molar-refractivity contribution < 1.29 is 19.0 Å². The third-order valence-corrected chi connectivity index (χ3v) is 5.53. The minimum atomic E-state index is -0.124. The van der Waals surface area contributed by atoms with Gasteiger partial charge in [0, 0.05) is 25.4 Å². The van der Waals surface area contributed by atoms with E-state index >= 15 is 0 Å². The summed E-state index contributed by atoms with van der Waals surface area (Å²) < 4.78 is 17.9. The standard InChI is InChI=1S/C26H23N3O4/c1-28(15-18-8-13-23-24(14-18)33-17-32-23)26(30)22-16-29(20-6-4-3-5-7-20)27-25(22)19-9-11-21(31-2)12-10-19/h3-14,16H,15,17H2,1-2H3. The van der Waals surface area contributed by atoms with Crippen LogP contribution in [0.15, 0.2) is 79.0 Å². The van der Waals surface area contributed by atoms with E-state index in [-0.39, 0.29) is 12.7 Å². The number of carbonyl (C=O) groups excluding carboxylic acids is 1. The molecular weight excluding hydrogens is 418 g/mol. The van der Waals surface area contributed by atoms with Crippen molar-refractivity contribution in [2.75, 3.05) is 21.0 Å². The van der Waals surface area contributed by atoms with Gasteiger partial charge in [-0.1, -0.05) is 24.3 Å². The van der Waals surface area contributed by atoms with Crippen LogP contribution in [0.3, 0.4) is 0 Å². The van der Waals surface area contributed by atoms with Crippen LogP contribution in [0.1, 0.15) is 15.9 Å². The van der Waals surface area contributed by atoms with Crippen LogP contribution in [0.25, 0.3) is 16.9 Å². The van der Waals surface area contributed by atoms with E-state index < -0.39 is 0 Å². The summed E-state index contributed by atoms with van der Waals surface area (Å²) in [4.78, 5) is 15.2. The van der Waals surface area contributed by atoms with Gasteiger partial charge in [0.2, 0.25) is 6.79 Å². The van der Waals surface area contributed by atoms with Crippen molar-refractivity contribution >= 4 is 5.91 Å². The van der Waals surface area contributed by atoms with E-state index in [0.717, 1.165) is 28.3 Å². The average Bonchev–Trinajstić information content (AvgIpc) is 3.51. The number of hydrogen-bond acceptors (Lipinski definition) is 5. The molecule has 0 bridgehead atoms. The summed E-state index contributed by atoms with van der Waals surface area (Å²) in [6.45, 7) is 0.644. The lowest BCUT2D eigenvalue weighted by Gasteiger charge is -2.17. The van der Waals surface area contributed by atoms with Crippen molar-refractivity contribution in [1.82, 2.24) is 14.7 Å². The second-order valence-corrected chi connectivity index (χ2v) is 7.75. The van der Waals surface area contributed by atoms with Crippen LogP contribution < -0.4 is 14.2 Å². The molecule has 0 aliphatic carbocycles. The highest BCUT2D eigenvalue weighted by Gasteiger charge is 2.23. The van der Waals surface area contributed by atoms with Crippen molar-refractivity contribution in [2.45, 2.75) is 6.54 Å². The third kappa shape index (κ3) is 4.13. The van der Waals surface area contributed by atoms with Crippen LogP contribution in [0, 0.1) is 0 Å². The number of ether oxygens (including phenoxy) is 3. The lowest BCUT2D eigenvalue weighted by atomic mass is 10.1. The molecule has 7 nitrogen and oxygen atoms in total. The number of hydrogen-bond donors (Lipinski definition) is 0. The molecule has 0 N–H and O–H groups in total. The summed E-state index contributed by atoms with van der Waals surface area (Å²) in [5.41, 5.74) is 3.81. The highest BCUT2D eigenvalue weighted by Crippen LogP contribution is 2.33. The smallest absolute Gasteiger partial charge is 0.257 e. The Bertz CT molecular complexity index is 1280. The Morgan fingerprint density at radius 3 is 2.55 bits per heavy atom. The zero-order chi connectivity index (χ0) is 22.8. The molecule has 0 spiro atoms. The summed E-state index contributed by atoms with van der Waals surface area (Å²) in [5.74, 6) is 2.04. The van der Waals surface area contributed by atoms with Crippen LogP contribution in [0.4, 0.5) is 0 Å². The maximum absolute atomic E-state index is 13.5. The summed E-state index contributed by atoms with van der Waals surface area (Å²) >= 11 is 0. The van der Waals surface area contributed by atoms with Crippen LogP contribution in [0.5, 0.6) is 17.2 Å². The van der Waals surface area contributed by atoms with Crippen molar-refractivity contribution in [2.24, 2.45) is 0 Å². The van der Waals surface area contributed by atoms with E-state index in [0.29, 0.717) is 23.6 Å². The maximum atomic E-state index is 13.5. The molecule has 1 aliphatic rings. The molecule has 0 atom stereocenters. The van der Waals surface area contributed by atoms with E-state index in [1.807, 2.05) is 72.8 Å². The number of nitrogens with zero attached hydrogens (tertiary/aromatic N) is 3. The second-order valence-electron chi connectivity index (χ2n) is 7.75. The molecule has 166 valence electrons. The molecule has 4 aromatic rings. The molecular formula is C26H23N3O4. The van der Waals surface area contributed by atoms with Gasteiger partial charge in [0.15, 0.2) is 11.5 Å². The highest BCUT2D eigenvalue weighted by atomic mass is 16.7. The van der Waals surface area contributed by atoms with Gasteiger partial charge in [-0.3, -0.25) is 4.79 Å². The predicted octanol–water partition coefficient (Wildman–Crippen LogP) is 4.55. The largest absolute Gasteiger partial charge is 0.497 e. The van der Waals surface area contributed by atoms with Crippen LogP contribution in [-0.2, 0) is 6.54 Å². The molecule has 1 amide bonds. The fourth-order valence-electron chi connectivity index (χ4n) is 3.80. The Morgan fingerprint density at radius 2 is 1.79 bits per heavy atom. The number of amides is 1. The number of rotatable bonds is 6. The van der Waals surface area contributed by atoms with Crippen molar-refractivity contribution in [3.8, 4) is 34.2 Å². The number of methoxy groups -OCH3 is 1. The van der Waals surface area contributed by atoms with Crippen molar-refractivity contribution in [3.63, 3.8) is 0 Å². The van der Waals surface area contributed by atoms with Crippen molar-refractivity contribution in [1.29, 1.82) is 0 Å². The first kappa shape index (κ1) is 20.6. The number of aromatic nitrogens is 2. The first-order chi connectivity index (χ1) is 16.1. The van der Waals surface area contributed by atoms with E-state index in [2.05, 4.69) is 0 Å². The van der Waals surface area contributed by atoms with Crippen molar-refractivity contribution in [3.05, 3.63) is 90.1 Å². The van der Waals surface area contributed by atoms with Gasteiger partial charge in [0.05, 0.1) is 18.4 Å². The van der Waals surface area contributed by atoms with Gasteiger partial charge >= 0.3 is 0 Å². The Labute approximate surface area is 191 Å². The number of fused-ring (bicyclic) bond motifs is 1. The lowest BCUT2D eigenvalue weighted by molar-refractivity contribution is 0.0785. The Hall–Kier alpha value is -4.26. The minimum absolute atomic E-state index is 0.124. The first-order valence-electron chi connectivity index (χ1n) is 10.6. The first-order valence-corrected chi connectivity index (χ1v) is 10.6.